The van der Waals surface area contributed by atoms with E-state index in [0.717, 1.165) is 51.7 Å². The molecule has 0 aromatic heterocycles. The minimum Gasteiger partial charge on any atom is -0.350 e. The predicted molar refractivity (Wildman–Crippen MR) is 113 cm³/mol. The van der Waals surface area contributed by atoms with E-state index in [2.05, 4.69) is 13.8 Å². The Morgan fingerprint density at radius 1 is 0.593 bits per heavy atom. The fraction of sp³-hybridized carbons (Fsp3) is 1.00. The van der Waals surface area contributed by atoms with E-state index in [-0.39, 0.29) is 11.6 Å². The highest BCUT2D eigenvalue weighted by Crippen LogP contribution is 2.42. The lowest BCUT2D eigenvalue weighted by Gasteiger charge is -2.39. The van der Waals surface area contributed by atoms with Gasteiger partial charge < -0.3 is 14.2 Å². The molecule has 0 spiro atoms. The van der Waals surface area contributed by atoms with E-state index in [0.29, 0.717) is 0 Å². The third kappa shape index (κ3) is 8.41. The van der Waals surface area contributed by atoms with Gasteiger partial charge >= 0.3 is 0 Å². The molecule has 0 bridgehead atoms. The third-order valence-corrected chi connectivity index (χ3v) is 6.33. The molecule has 2 aliphatic rings. The van der Waals surface area contributed by atoms with Crippen LogP contribution in [0.15, 0.2) is 0 Å². The second kappa shape index (κ2) is 13.2. The fourth-order valence-electron chi connectivity index (χ4n) is 4.69. The zero-order valence-corrected chi connectivity index (χ0v) is 18.4. The van der Waals surface area contributed by atoms with Crippen molar-refractivity contribution in [1.82, 2.24) is 0 Å². The highest BCUT2D eigenvalue weighted by Gasteiger charge is 2.46. The molecule has 0 saturated carbocycles. The van der Waals surface area contributed by atoms with Crippen LogP contribution in [0.25, 0.3) is 0 Å². The van der Waals surface area contributed by atoms with Crippen LogP contribution in [-0.4, -0.2) is 24.8 Å². The molecule has 2 rings (SSSR count). The van der Waals surface area contributed by atoms with E-state index in [1.165, 1.54) is 77.0 Å². The Balaban J connectivity index is 1.78. The first kappa shape index (κ1) is 23.2. The van der Waals surface area contributed by atoms with Crippen molar-refractivity contribution < 1.29 is 14.2 Å². The number of ether oxygens (including phenoxy) is 3. The number of hydrogen-bond acceptors (Lipinski definition) is 3. The summed E-state index contributed by atoms with van der Waals surface area (Å²) in [4.78, 5) is 0. The van der Waals surface area contributed by atoms with E-state index in [9.17, 15) is 0 Å². The topological polar surface area (TPSA) is 27.7 Å². The monoisotopic (exact) mass is 382 g/mol. The van der Waals surface area contributed by atoms with E-state index >= 15 is 0 Å². The summed E-state index contributed by atoms with van der Waals surface area (Å²) in [7, 11) is 0. The maximum atomic E-state index is 6.76. The third-order valence-electron chi connectivity index (χ3n) is 6.33. The van der Waals surface area contributed by atoms with E-state index in [1.54, 1.807) is 0 Å². The van der Waals surface area contributed by atoms with Gasteiger partial charge in [0.1, 0.15) is 0 Å². The van der Waals surface area contributed by atoms with Gasteiger partial charge in [-0.3, -0.25) is 0 Å². The normalized spacial score (nSPS) is 28.2. The van der Waals surface area contributed by atoms with E-state index < -0.39 is 0 Å². The molecule has 2 heterocycles. The molecular formula is C24H46O3. The Bertz CT molecular complexity index is 323. The van der Waals surface area contributed by atoms with Gasteiger partial charge in [-0.25, -0.2) is 0 Å². The van der Waals surface area contributed by atoms with Crippen LogP contribution >= 0.6 is 0 Å². The van der Waals surface area contributed by atoms with Crippen molar-refractivity contribution in [2.75, 3.05) is 13.2 Å². The summed E-state index contributed by atoms with van der Waals surface area (Å²) in [6.45, 7) is 6.26. The fourth-order valence-corrected chi connectivity index (χ4v) is 4.69. The summed E-state index contributed by atoms with van der Waals surface area (Å²) < 4.78 is 19.2. The average molecular weight is 383 g/mol. The lowest BCUT2D eigenvalue weighted by molar-refractivity contribution is -0.340. The summed E-state index contributed by atoms with van der Waals surface area (Å²) in [5.41, 5.74) is 0. The first-order valence-electron chi connectivity index (χ1n) is 12.2. The highest BCUT2D eigenvalue weighted by atomic mass is 16.8. The van der Waals surface area contributed by atoms with E-state index in [4.69, 9.17) is 14.2 Å². The predicted octanol–water partition coefficient (Wildman–Crippen LogP) is 7.52. The Kier molecular flexibility index (Phi) is 11.3. The van der Waals surface area contributed by atoms with Crippen LogP contribution in [0.4, 0.5) is 0 Å². The van der Waals surface area contributed by atoms with Crippen LogP contribution < -0.4 is 0 Å². The van der Waals surface area contributed by atoms with Crippen LogP contribution in [-0.2, 0) is 14.2 Å². The van der Waals surface area contributed by atoms with Gasteiger partial charge in [-0.05, 0) is 25.7 Å². The smallest absolute Gasteiger partial charge is 0.171 e. The first-order valence-corrected chi connectivity index (χ1v) is 12.2. The Morgan fingerprint density at radius 3 is 1.37 bits per heavy atom. The Labute approximate surface area is 168 Å². The molecule has 2 atom stereocenters. The van der Waals surface area contributed by atoms with Crippen molar-refractivity contribution in [3.63, 3.8) is 0 Å². The van der Waals surface area contributed by atoms with Crippen LogP contribution in [0.3, 0.4) is 0 Å². The standard InChI is InChI=1S/C24H46O3/c1-3-5-7-9-11-13-17-23(19-15-21-25-23)27-24(20-16-22-26-24)18-14-12-10-8-6-4-2/h3-22H2,1-2H3. The first-order chi connectivity index (χ1) is 13.2. The molecule has 0 aromatic carbocycles. The van der Waals surface area contributed by atoms with Crippen LogP contribution in [0.2, 0.25) is 0 Å². The van der Waals surface area contributed by atoms with Gasteiger partial charge in [0.2, 0.25) is 0 Å². The number of rotatable bonds is 16. The molecular weight excluding hydrogens is 336 g/mol. The Hall–Kier alpha value is -0.120. The van der Waals surface area contributed by atoms with Crippen molar-refractivity contribution in [3.8, 4) is 0 Å². The van der Waals surface area contributed by atoms with Crippen molar-refractivity contribution in [2.45, 2.75) is 141 Å². The van der Waals surface area contributed by atoms with Gasteiger partial charge in [-0.1, -0.05) is 78.1 Å². The summed E-state index contributed by atoms with van der Waals surface area (Å²) in [6.07, 6.45) is 22.3. The van der Waals surface area contributed by atoms with Gasteiger partial charge in [0.05, 0.1) is 13.2 Å². The quantitative estimate of drug-likeness (QED) is 0.258. The van der Waals surface area contributed by atoms with Crippen molar-refractivity contribution in [1.29, 1.82) is 0 Å². The van der Waals surface area contributed by atoms with Crippen molar-refractivity contribution >= 4 is 0 Å². The van der Waals surface area contributed by atoms with E-state index in [1.807, 2.05) is 0 Å². The molecule has 0 aliphatic carbocycles. The minimum atomic E-state index is -0.364. The maximum Gasteiger partial charge on any atom is 0.171 e. The molecule has 27 heavy (non-hydrogen) atoms. The summed E-state index contributed by atoms with van der Waals surface area (Å²) in [5.74, 6) is -0.728. The van der Waals surface area contributed by atoms with Gasteiger partial charge in [-0.2, -0.15) is 0 Å². The molecule has 2 fully saturated rings. The molecule has 0 aromatic rings. The molecule has 2 aliphatic heterocycles. The van der Waals surface area contributed by atoms with Crippen LogP contribution in [0.1, 0.15) is 129 Å². The lowest BCUT2D eigenvalue weighted by atomic mass is 9.99. The highest BCUT2D eigenvalue weighted by molar-refractivity contribution is 4.84. The summed E-state index contributed by atoms with van der Waals surface area (Å²) >= 11 is 0. The minimum absolute atomic E-state index is 0.364. The molecule has 0 N–H and O–H groups in total. The molecule has 2 unspecified atom stereocenters. The SMILES string of the molecule is CCCCCCCCC1(OC2(CCCCCCCC)CCCO2)CCCO1. The van der Waals surface area contributed by atoms with Crippen LogP contribution in [0.5, 0.6) is 0 Å². The van der Waals surface area contributed by atoms with Crippen LogP contribution in [0, 0.1) is 0 Å². The van der Waals surface area contributed by atoms with Gasteiger partial charge in [-0.15, -0.1) is 0 Å². The zero-order valence-electron chi connectivity index (χ0n) is 18.4. The summed E-state index contributed by atoms with van der Waals surface area (Å²) in [5, 5.41) is 0. The van der Waals surface area contributed by atoms with Crippen molar-refractivity contribution in [3.05, 3.63) is 0 Å². The molecule has 0 amide bonds. The average Bonchev–Trinajstić information content (AvgIpc) is 3.32. The molecule has 3 nitrogen and oxygen atoms in total. The molecule has 160 valence electrons. The van der Waals surface area contributed by atoms with Gasteiger partial charge in [0, 0.05) is 25.7 Å². The van der Waals surface area contributed by atoms with Gasteiger partial charge in [0.15, 0.2) is 11.6 Å². The molecule has 2 saturated heterocycles. The number of unbranched alkanes of at least 4 members (excludes halogenated alkanes) is 10. The molecule has 3 heteroatoms. The van der Waals surface area contributed by atoms with Crippen molar-refractivity contribution in [2.24, 2.45) is 0 Å². The zero-order chi connectivity index (χ0) is 19.3. The second-order valence-corrected chi connectivity index (χ2v) is 8.86. The number of hydrogen-bond donors (Lipinski definition) is 0. The van der Waals surface area contributed by atoms with Gasteiger partial charge in [0.25, 0.3) is 0 Å². The lowest BCUT2D eigenvalue weighted by Crippen LogP contribution is -2.44. The maximum absolute atomic E-state index is 6.76. The largest absolute Gasteiger partial charge is 0.350 e. The molecule has 0 radical (unpaired) electrons. The summed E-state index contributed by atoms with van der Waals surface area (Å²) in [6, 6.07) is 0. The second-order valence-electron chi connectivity index (χ2n) is 8.86. The Morgan fingerprint density at radius 2 is 1.00 bits per heavy atom.